The van der Waals surface area contributed by atoms with Crippen molar-refractivity contribution in [3.05, 3.63) is 27.2 Å². The van der Waals surface area contributed by atoms with Crippen molar-refractivity contribution in [2.45, 2.75) is 71.6 Å². The van der Waals surface area contributed by atoms with Gasteiger partial charge in [-0.25, -0.2) is 4.99 Å². The molecule has 1 aromatic carbocycles. The summed E-state index contributed by atoms with van der Waals surface area (Å²) < 4.78 is 0. The Balaban J connectivity index is 2.33. The zero-order chi connectivity index (χ0) is 17.8. The van der Waals surface area contributed by atoms with Gasteiger partial charge in [-0.3, -0.25) is 0 Å². The van der Waals surface area contributed by atoms with Gasteiger partial charge in [0.1, 0.15) is 5.84 Å². The summed E-state index contributed by atoms with van der Waals surface area (Å²) in [6, 6.07) is 3.34. The van der Waals surface area contributed by atoms with Crippen LogP contribution in [0.2, 0.25) is 15.1 Å². The van der Waals surface area contributed by atoms with Crippen LogP contribution >= 0.6 is 34.8 Å². The van der Waals surface area contributed by atoms with Crippen molar-refractivity contribution in [3.63, 3.8) is 0 Å². The van der Waals surface area contributed by atoms with Crippen molar-refractivity contribution in [1.82, 2.24) is 5.32 Å². The lowest BCUT2D eigenvalue weighted by Gasteiger charge is -2.09. The van der Waals surface area contributed by atoms with Crippen molar-refractivity contribution in [3.8, 4) is 0 Å². The number of halogens is 3. The van der Waals surface area contributed by atoms with Crippen LogP contribution in [0.25, 0.3) is 0 Å². The molecule has 0 bridgehead atoms. The number of hydrogen-bond donors (Lipinski definition) is 1. The van der Waals surface area contributed by atoms with Crippen molar-refractivity contribution in [1.29, 1.82) is 0 Å². The van der Waals surface area contributed by atoms with Gasteiger partial charge in [-0.15, -0.1) is 0 Å². The molecule has 0 saturated heterocycles. The smallest absolute Gasteiger partial charge is 0.102 e. The Bertz CT molecular complexity index is 516. The second-order valence-corrected chi connectivity index (χ2v) is 7.25. The molecular weight excluding hydrogens is 363 g/mol. The van der Waals surface area contributed by atoms with Gasteiger partial charge in [0.15, 0.2) is 0 Å². The van der Waals surface area contributed by atoms with E-state index in [0.717, 1.165) is 18.8 Å². The average Bonchev–Trinajstić information content (AvgIpc) is 2.56. The maximum atomic E-state index is 6.18. The number of unbranched alkanes of at least 4 members (excludes halogenated alkanes) is 7. The first-order valence-electron chi connectivity index (χ1n) is 9.04. The van der Waals surface area contributed by atoms with E-state index in [-0.39, 0.29) is 0 Å². The fourth-order valence-electron chi connectivity index (χ4n) is 2.48. The molecule has 0 unspecified atom stereocenters. The van der Waals surface area contributed by atoms with E-state index < -0.39 is 0 Å². The first-order chi connectivity index (χ1) is 11.6. The SMILES string of the molecule is CCCCCCCCCCN/C(CC)=N\c1cc(Cl)c(Cl)cc1Cl. The second kappa shape index (κ2) is 12.9. The van der Waals surface area contributed by atoms with Gasteiger partial charge in [-0.2, -0.15) is 0 Å². The van der Waals surface area contributed by atoms with E-state index in [1.165, 1.54) is 51.4 Å². The molecule has 1 aromatic rings. The number of aliphatic imine (C=N–C) groups is 1. The Morgan fingerprint density at radius 1 is 0.833 bits per heavy atom. The first-order valence-corrected chi connectivity index (χ1v) is 10.2. The van der Waals surface area contributed by atoms with E-state index in [4.69, 9.17) is 34.8 Å². The largest absolute Gasteiger partial charge is 0.374 e. The number of amidine groups is 1. The molecule has 0 amide bonds. The molecule has 24 heavy (non-hydrogen) atoms. The van der Waals surface area contributed by atoms with E-state index in [0.29, 0.717) is 20.8 Å². The van der Waals surface area contributed by atoms with Gasteiger partial charge in [0, 0.05) is 13.0 Å². The fraction of sp³-hybridized carbons (Fsp3) is 0.632. The number of benzene rings is 1. The summed E-state index contributed by atoms with van der Waals surface area (Å²) in [6.45, 7) is 5.27. The molecule has 136 valence electrons. The van der Waals surface area contributed by atoms with Gasteiger partial charge in [0.2, 0.25) is 0 Å². The van der Waals surface area contributed by atoms with Crippen LogP contribution in [0.4, 0.5) is 5.69 Å². The Morgan fingerprint density at radius 2 is 1.42 bits per heavy atom. The molecule has 0 aliphatic rings. The van der Waals surface area contributed by atoms with Gasteiger partial charge in [-0.1, -0.05) is 93.6 Å². The fourth-order valence-corrected chi connectivity index (χ4v) is 3.06. The molecule has 1 rings (SSSR count). The molecule has 0 fully saturated rings. The summed E-state index contributed by atoms with van der Waals surface area (Å²) in [4.78, 5) is 4.58. The molecule has 0 radical (unpaired) electrons. The minimum Gasteiger partial charge on any atom is -0.374 e. The highest BCUT2D eigenvalue weighted by molar-refractivity contribution is 6.44. The maximum Gasteiger partial charge on any atom is 0.102 e. The third kappa shape index (κ3) is 8.60. The molecule has 0 atom stereocenters. The van der Waals surface area contributed by atoms with E-state index in [1.807, 2.05) is 0 Å². The third-order valence-corrected chi connectivity index (χ3v) is 4.96. The van der Waals surface area contributed by atoms with Crippen molar-refractivity contribution in [2.24, 2.45) is 4.99 Å². The van der Waals surface area contributed by atoms with Crippen LogP contribution in [0.5, 0.6) is 0 Å². The monoisotopic (exact) mass is 390 g/mol. The Kier molecular flexibility index (Phi) is 11.6. The van der Waals surface area contributed by atoms with Crippen molar-refractivity contribution >= 4 is 46.3 Å². The predicted molar refractivity (Wildman–Crippen MR) is 109 cm³/mol. The highest BCUT2D eigenvalue weighted by Gasteiger charge is 2.06. The van der Waals surface area contributed by atoms with Gasteiger partial charge in [0.25, 0.3) is 0 Å². The van der Waals surface area contributed by atoms with Crippen LogP contribution in [-0.4, -0.2) is 12.4 Å². The van der Waals surface area contributed by atoms with Crippen molar-refractivity contribution < 1.29 is 0 Å². The van der Waals surface area contributed by atoms with Crippen LogP contribution in [0, 0.1) is 0 Å². The molecular formula is C19H29Cl3N2. The minimum absolute atomic E-state index is 0.450. The van der Waals surface area contributed by atoms with Crippen LogP contribution < -0.4 is 5.32 Å². The van der Waals surface area contributed by atoms with Crippen LogP contribution in [-0.2, 0) is 0 Å². The maximum absolute atomic E-state index is 6.18. The lowest BCUT2D eigenvalue weighted by Crippen LogP contribution is -2.23. The normalized spacial score (nSPS) is 11.8. The van der Waals surface area contributed by atoms with E-state index in [2.05, 4.69) is 24.2 Å². The van der Waals surface area contributed by atoms with Gasteiger partial charge >= 0.3 is 0 Å². The molecule has 2 nitrogen and oxygen atoms in total. The van der Waals surface area contributed by atoms with E-state index in [1.54, 1.807) is 12.1 Å². The van der Waals surface area contributed by atoms with Crippen LogP contribution in [0.1, 0.15) is 71.6 Å². The van der Waals surface area contributed by atoms with Gasteiger partial charge in [0.05, 0.1) is 20.8 Å². The predicted octanol–water partition coefficient (Wildman–Crippen LogP) is 7.82. The lowest BCUT2D eigenvalue weighted by molar-refractivity contribution is 0.572. The molecule has 0 saturated carbocycles. The summed E-state index contributed by atoms with van der Waals surface area (Å²) in [5.41, 5.74) is 0.659. The topological polar surface area (TPSA) is 24.4 Å². The molecule has 0 spiro atoms. The highest BCUT2D eigenvalue weighted by Crippen LogP contribution is 2.34. The quantitative estimate of drug-likeness (QED) is 0.177. The summed E-state index contributed by atoms with van der Waals surface area (Å²) in [5.74, 6) is 0.929. The standard InChI is InChI=1S/C19H29Cl3N2/c1-3-5-6-7-8-9-10-11-12-23-19(4-2)24-18-14-16(21)15(20)13-17(18)22/h13-14H,3-12H2,1-2H3,(H,23,24). The van der Waals surface area contributed by atoms with Gasteiger partial charge in [-0.05, 0) is 18.6 Å². The molecule has 0 aliphatic heterocycles. The molecule has 0 aliphatic carbocycles. The third-order valence-electron chi connectivity index (χ3n) is 3.94. The first kappa shape index (κ1) is 21.6. The lowest BCUT2D eigenvalue weighted by atomic mass is 10.1. The molecule has 5 heteroatoms. The number of nitrogens with one attached hydrogen (secondary N) is 1. The van der Waals surface area contributed by atoms with Gasteiger partial charge < -0.3 is 5.32 Å². The number of rotatable bonds is 11. The highest BCUT2D eigenvalue weighted by atomic mass is 35.5. The Hall–Kier alpha value is -0.440. The van der Waals surface area contributed by atoms with Crippen molar-refractivity contribution in [2.75, 3.05) is 6.54 Å². The zero-order valence-electron chi connectivity index (χ0n) is 14.8. The molecule has 0 aromatic heterocycles. The summed E-state index contributed by atoms with van der Waals surface area (Å²) >= 11 is 18.2. The Labute approximate surface area is 162 Å². The van der Waals surface area contributed by atoms with Crippen LogP contribution in [0.15, 0.2) is 17.1 Å². The summed E-state index contributed by atoms with van der Waals surface area (Å²) in [5, 5.41) is 4.84. The minimum atomic E-state index is 0.450. The van der Waals surface area contributed by atoms with E-state index in [9.17, 15) is 0 Å². The summed E-state index contributed by atoms with van der Waals surface area (Å²) in [7, 11) is 0. The summed E-state index contributed by atoms with van der Waals surface area (Å²) in [6.07, 6.45) is 11.4. The molecule has 1 N–H and O–H groups in total. The number of hydrogen-bond acceptors (Lipinski definition) is 1. The average molecular weight is 392 g/mol. The van der Waals surface area contributed by atoms with E-state index >= 15 is 0 Å². The zero-order valence-corrected chi connectivity index (χ0v) is 17.1. The second-order valence-electron chi connectivity index (χ2n) is 6.03. The number of nitrogens with zero attached hydrogens (tertiary/aromatic N) is 1. The molecule has 0 heterocycles. The Morgan fingerprint density at radius 3 is 2.04 bits per heavy atom. The van der Waals surface area contributed by atoms with Crippen LogP contribution in [0.3, 0.4) is 0 Å².